The first-order chi connectivity index (χ1) is 7.75. The molecule has 0 amide bonds. The molecule has 3 rings (SSSR count). The van der Waals surface area contributed by atoms with Crippen molar-refractivity contribution in [3.05, 3.63) is 41.6 Å². The number of Topliss-reactive ketones (excluding diaryl/α,β-unsaturated/α-hetero) is 1. The molecule has 1 aromatic heterocycles. The monoisotopic (exact) mass is 211 g/mol. The number of pyridine rings is 1. The lowest BCUT2D eigenvalue weighted by Crippen LogP contribution is -2.03. The molecule has 0 spiro atoms. The van der Waals surface area contributed by atoms with Gasteiger partial charge in [-0.05, 0) is 31.9 Å². The van der Waals surface area contributed by atoms with Crippen molar-refractivity contribution >= 4 is 16.7 Å². The zero-order chi connectivity index (χ0) is 11.1. The molecule has 0 radical (unpaired) electrons. The highest BCUT2D eigenvalue weighted by atomic mass is 16.1. The quantitative estimate of drug-likeness (QED) is 0.714. The summed E-state index contributed by atoms with van der Waals surface area (Å²) in [6.07, 6.45) is 2.10. The summed E-state index contributed by atoms with van der Waals surface area (Å²) in [5, 5.41) is 0.991. The Labute approximate surface area is 94.3 Å². The molecule has 2 nitrogen and oxygen atoms in total. The smallest absolute Gasteiger partial charge is 0.166 e. The van der Waals surface area contributed by atoms with Crippen LogP contribution in [0.1, 0.15) is 28.9 Å². The Bertz CT molecular complexity index is 570. The van der Waals surface area contributed by atoms with Gasteiger partial charge in [0.05, 0.1) is 5.52 Å². The van der Waals surface area contributed by atoms with Crippen LogP contribution in [0.15, 0.2) is 30.3 Å². The van der Waals surface area contributed by atoms with Crippen molar-refractivity contribution in [2.24, 2.45) is 5.92 Å². The van der Waals surface area contributed by atoms with Gasteiger partial charge in [0, 0.05) is 22.6 Å². The number of hydrogen-bond acceptors (Lipinski definition) is 2. The van der Waals surface area contributed by atoms with E-state index in [0.717, 1.165) is 35.0 Å². The zero-order valence-corrected chi connectivity index (χ0v) is 9.23. The molecule has 2 heteroatoms. The van der Waals surface area contributed by atoms with Gasteiger partial charge >= 0.3 is 0 Å². The van der Waals surface area contributed by atoms with Gasteiger partial charge in [-0.1, -0.05) is 18.2 Å². The largest absolute Gasteiger partial charge is 0.294 e. The fraction of sp³-hybridized carbons (Fsp3) is 0.286. The van der Waals surface area contributed by atoms with Crippen molar-refractivity contribution < 1.29 is 4.79 Å². The van der Waals surface area contributed by atoms with E-state index in [-0.39, 0.29) is 5.92 Å². The fourth-order valence-corrected chi connectivity index (χ4v) is 2.08. The predicted molar refractivity (Wildman–Crippen MR) is 63.5 cm³/mol. The topological polar surface area (TPSA) is 30.0 Å². The number of rotatable bonds is 2. The Hall–Kier alpha value is -1.70. The third-order valence-electron chi connectivity index (χ3n) is 3.06. The molecule has 2 aromatic rings. The number of para-hydroxylation sites is 1. The molecule has 1 heterocycles. The number of hydrogen-bond donors (Lipinski definition) is 0. The summed E-state index contributed by atoms with van der Waals surface area (Å²) >= 11 is 0. The van der Waals surface area contributed by atoms with Crippen LogP contribution in [0.2, 0.25) is 0 Å². The molecule has 1 saturated carbocycles. The van der Waals surface area contributed by atoms with Crippen molar-refractivity contribution in [2.75, 3.05) is 0 Å². The van der Waals surface area contributed by atoms with Gasteiger partial charge in [-0.15, -0.1) is 0 Å². The summed E-state index contributed by atoms with van der Waals surface area (Å²) < 4.78 is 0. The van der Waals surface area contributed by atoms with Crippen LogP contribution in [0.3, 0.4) is 0 Å². The van der Waals surface area contributed by atoms with Crippen LogP contribution in [-0.4, -0.2) is 10.8 Å². The average Bonchev–Trinajstić information content (AvgIpc) is 3.10. The van der Waals surface area contributed by atoms with E-state index in [0.29, 0.717) is 5.78 Å². The minimum Gasteiger partial charge on any atom is -0.294 e. The third-order valence-corrected chi connectivity index (χ3v) is 3.06. The molecule has 0 bridgehead atoms. The van der Waals surface area contributed by atoms with E-state index >= 15 is 0 Å². The maximum absolute atomic E-state index is 12.1. The van der Waals surface area contributed by atoms with Crippen LogP contribution < -0.4 is 0 Å². The van der Waals surface area contributed by atoms with Crippen molar-refractivity contribution in [1.29, 1.82) is 0 Å². The Kier molecular flexibility index (Phi) is 2.03. The third kappa shape index (κ3) is 1.51. The summed E-state index contributed by atoms with van der Waals surface area (Å²) in [6, 6.07) is 9.79. The maximum Gasteiger partial charge on any atom is 0.166 e. The van der Waals surface area contributed by atoms with Crippen LogP contribution in [-0.2, 0) is 0 Å². The number of fused-ring (bicyclic) bond motifs is 1. The van der Waals surface area contributed by atoms with E-state index in [1.807, 2.05) is 37.3 Å². The normalized spacial score (nSPS) is 15.3. The molecular formula is C14H13NO. The number of nitrogens with zero attached hydrogens (tertiary/aromatic N) is 1. The summed E-state index contributed by atoms with van der Waals surface area (Å²) in [6.45, 7) is 1.94. The minimum atomic E-state index is 0.269. The van der Waals surface area contributed by atoms with E-state index in [1.54, 1.807) is 0 Å². The standard InChI is InChI=1S/C14H13NO/c1-9-8-12(14(16)10-6-7-10)11-4-2-3-5-13(11)15-9/h2-5,8,10H,6-7H2,1H3. The lowest BCUT2D eigenvalue weighted by molar-refractivity contribution is 0.0969. The van der Waals surface area contributed by atoms with Crippen LogP contribution >= 0.6 is 0 Å². The SMILES string of the molecule is Cc1cc(C(=O)C2CC2)c2ccccc2n1. The van der Waals surface area contributed by atoms with Gasteiger partial charge in [-0.2, -0.15) is 0 Å². The second-order valence-corrected chi connectivity index (χ2v) is 4.47. The van der Waals surface area contributed by atoms with Crippen molar-refractivity contribution in [3.8, 4) is 0 Å². The second-order valence-electron chi connectivity index (χ2n) is 4.47. The summed E-state index contributed by atoms with van der Waals surface area (Å²) in [7, 11) is 0. The number of aryl methyl sites for hydroxylation is 1. The number of aromatic nitrogens is 1. The molecule has 1 fully saturated rings. The van der Waals surface area contributed by atoms with Crippen LogP contribution in [0, 0.1) is 12.8 Å². The second kappa shape index (κ2) is 3.41. The lowest BCUT2D eigenvalue weighted by Gasteiger charge is -2.06. The Morgan fingerprint density at radius 1 is 1.31 bits per heavy atom. The van der Waals surface area contributed by atoms with E-state index < -0.39 is 0 Å². The molecule has 16 heavy (non-hydrogen) atoms. The lowest BCUT2D eigenvalue weighted by atomic mass is 10.0. The molecule has 0 N–H and O–H groups in total. The van der Waals surface area contributed by atoms with Crippen LogP contribution in [0.25, 0.3) is 10.9 Å². The highest BCUT2D eigenvalue weighted by molar-refractivity contribution is 6.09. The van der Waals surface area contributed by atoms with E-state index in [9.17, 15) is 4.79 Å². The molecule has 0 atom stereocenters. The van der Waals surface area contributed by atoms with Crippen LogP contribution in [0.5, 0.6) is 0 Å². The Morgan fingerprint density at radius 2 is 2.06 bits per heavy atom. The van der Waals surface area contributed by atoms with Gasteiger partial charge in [0.1, 0.15) is 0 Å². The molecule has 1 aliphatic carbocycles. The number of ketones is 1. The fourth-order valence-electron chi connectivity index (χ4n) is 2.08. The first kappa shape index (κ1) is 9.52. The summed E-state index contributed by atoms with van der Waals surface area (Å²) in [4.78, 5) is 16.6. The van der Waals surface area contributed by atoms with Gasteiger partial charge in [0.2, 0.25) is 0 Å². The van der Waals surface area contributed by atoms with Crippen molar-refractivity contribution in [2.45, 2.75) is 19.8 Å². The first-order valence-electron chi connectivity index (χ1n) is 5.66. The van der Waals surface area contributed by atoms with Gasteiger partial charge in [-0.3, -0.25) is 9.78 Å². The Balaban J connectivity index is 2.25. The first-order valence-corrected chi connectivity index (χ1v) is 5.66. The number of carbonyl (C=O) groups excluding carboxylic acids is 1. The maximum atomic E-state index is 12.1. The van der Waals surface area contributed by atoms with Gasteiger partial charge in [0.25, 0.3) is 0 Å². The summed E-state index contributed by atoms with van der Waals surface area (Å²) in [5.74, 6) is 0.562. The number of benzene rings is 1. The van der Waals surface area contributed by atoms with Gasteiger partial charge in [0.15, 0.2) is 5.78 Å². The number of carbonyl (C=O) groups is 1. The molecule has 1 aliphatic rings. The molecule has 0 saturated heterocycles. The van der Waals surface area contributed by atoms with E-state index in [1.165, 1.54) is 0 Å². The molecular weight excluding hydrogens is 198 g/mol. The molecule has 1 aromatic carbocycles. The van der Waals surface area contributed by atoms with Gasteiger partial charge in [-0.25, -0.2) is 0 Å². The van der Waals surface area contributed by atoms with E-state index in [2.05, 4.69) is 4.98 Å². The van der Waals surface area contributed by atoms with Crippen LogP contribution in [0.4, 0.5) is 0 Å². The van der Waals surface area contributed by atoms with Crippen molar-refractivity contribution in [3.63, 3.8) is 0 Å². The molecule has 0 unspecified atom stereocenters. The highest BCUT2D eigenvalue weighted by Gasteiger charge is 2.31. The Morgan fingerprint density at radius 3 is 2.81 bits per heavy atom. The molecule has 80 valence electrons. The van der Waals surface area contributed by atoms with E-state index in [4.69, 9.17) is 0 Å². The summed E-state index contributed by atoms with van der Waals surface area (Å²) in [5.41, 5.74) is 2.69. The predicted octanol–water partition coefficient (Wildman–Crippen LogP) is 3.14. The minimum absolute atomic E-state index is 0.269. The zero-order valence-electron chi connectivity index (χ0n) is 9.23. The van der Waals surface area contributed by atoms with Gasteiger partial charge < -0.3 is 0 Å². The molecule has 0 aliphatic heterocycles. The van der Waals surface area contributed by atoms with Crippen molar-refractivity contribution in [1.82, 2.24) is 4.98 Å². The average molecular weight is 211 g/mol. The highest BCUT2D eigenvalue weighted by Crippen LogP contribution is 2.34.